The zero-order valence-corrected chi connectivity index (χ0v) is 15.6. The normalized spacial score (nSPS) is 13.3. The van der Waals surface area contributed by atoms with Crippen molar-refractivity contribution in [3.05, 3.63) is 81.5 Å². The van der Waals surface area contributed by atoms with E-state index in [1.165, 1.54) is 22.5 Å². The van der Waals surface area contributed by atoms with Gasteiger partial charge in [-0.15, -0.1) is 11.3 Å². The number of anilines is 1. The van der Waals surface area contributed by atoms with E-state index in [2.05, 4.69) is 25.1 Å². The van der Waals surface area contributed by atoms with E-state index >= 15 is 0 Å². The average Bonchev–Trinajstić information content (AvgIpc) is 3.15. The summed E-state index contributed by atoms with van der Waals surface area (Å²) in [5.41, 5.74) is 4.61. The summed E-state index contributed by atoms with van der Waals surface area (Å²) in [5, 5.41) is 2.01. The van der Waals surface area contributed by atoms with Gasteiger partial charge in [0.05, 0.1) is 4.88 Å². The number of hydrogen-bond acceptors (Lipinski definition) is 3. The monoisotopic (exact) mass is 363 g/mol. The molecule has 1 amide bonds. The molecule has 0 fully saturated rings. The number of fused-ring (bicyclic) bond motifs is 1. The van der Waals surface area contributed by atoms with E-state index in [1.807, 2.05) is 46.7 Å². The van der Waals surface area contributed by atoms with Crippen molar-refractivity contribution in [2.75, 3.05) is 11.4 Å². The summed E-state index contributed by atoms with van der Waals surface area (Å²) in [4.78, 5) is 15.7. The summed E-state index contributed by atoms with van der Waals surface area (Å²) in [6.07, 6.45) is 2.05. The van der Waals surface area contributed by atoms with Gasteiger partial charge in [0.1, 0.15) is 12.4 Å². The lowest BCUT2D eigenvalue weighted by Gasteiger charge is -2.29. The molecule has 2 aromatic carbocycles. The maximum Gasteiger partial charge on any atom is 0.268 e. The minimum atomic E-state index is 0.0887. The molecule has 2 heterocycles. The van der Waals surface area contributed by atoms with Crippen molar-refractivity contribution < 1.29 is 9.53 Å². The van der Waals surface area contributed by atoms with Crippen LogP contribution in [-0.2, 0) is 13.0 Å². The number of carbonyl (C=O) groups excluding carboxylic acids is 1. The fourth-order valence-electron chi connectivity index (χ4n) is 3.32. The van der Waals surface area contributed by atoms with Crippen LogP contribution in [-0.4, -0.2) is 12.5 Å². The SMILES string of the molecule is Cc1ccc2c(c1)CCCN2C(=O)c1cc(COc2ccccc2)cs1. The minimum Gasteiger partial charge on any atom is -0.489 e. The topological polar surface area (TPSA) is 29.5 Å². The van der Waals surface area contributed by atoms with Gasteiger partial charge in [-0.05, 0) is 55.0 Å². The molecule has 0 saturated carbocycles. The number of carbonyl (C=O) groups is 1. The Labute approximate surface area is 157 Å². The van der Waals surface area contributed by atoms with Crippen LogP contribution in [0.15, 0.2) is 60.0 Å². The standard InChI is InChI=1S/C22H21NO2S/c1-16-9-10-20-18(12-16)6-5-11-23(20)22(24)21-13-17(15-26-21)14-25-19-7-3-2-4-8-19/h2-4,7-10,12-13,15H,5-6,11,14H2,1H3. The molecule has 0 atom stereocenters. The van der Waals surface area contributed by atoms with Gasteiger partial charge >= 0.3 is 0 Å². The highest BCUT2D eigenvalue weighted by Gasteiger charge is 2.24. The first-order valence-corrected chi connectivity index (χ1v) is 9.75. The van der Waals surface area contributed by atoms with E-state index in [9.17, 15) is 4.79 Å². The summed E-state index contributed by atoms with van der Waals surface area (Å²) in [6, 6.07) is 18.1. The van der Waals surface area contributed by atoms with Crippen LogP contribution < -0.4 is 9.64 Å². The Bertz CT molecular complexity index is 917. The molecule has 3 nitrogen and oxygen atoms in total. The van der Waals surface area contributed by atoms with Crippen LogP contribution in [0, 0.1) is 6.92 Å². The lowest BCUT2D eigenvalue weighted by Crippen LogP contribution is -2.35. The first-order valence-electron chi connectivity index (χ1n) is 8.87. The molecule has 1 aliphatic heterocycles. The molecule has 0 radical (unpaired) electrons. The van der Waals surface area contributed by atoms with Crippen LogP contribution in [0.2, 0.25) is 0 Å². The highest BCUT2D eigenvalue weighted by atomic mass is 32.1. The molecule has 0 spiro atoms. The number of amides is 1. The molecule has 1 aromatic heterocycles. The van der Waals surface area contributed by atoms with Crippen LogP contribution in [0.25, 0.3) is 0 Å². The zero-order chi connectivity index (χ0) is 17.9. The Hall–Kier alpha value is -2.59. The molecule has 3 aromatic rings. The smallest absolute Gasteiger partial charge is 0.268 e. The predicted molar refractivity (Wildman–Crippen MR) is 106 cm³/mol. The van der Waals surface area contributed by atoms with E-state index in [0.717, 1.165) is 41.3 Å². The molecule has 4 heteroatoms. The number of benzene rings is 2. The number of hydrogen-bond donors (Lipinski definition) is 0. The van der Waals surface area contributed by atoms with Crippen molar-refractivity contribution >= 4 is 22.9 Å². The first kappa shape index (κ1) is 16.9. The van der Waals surface area contributed by atoms with Gasteiger partial charge in [-0.2, -0.15) is 0 Å². The van der Waals surface area contributed by atoms with Crippen LogP contribution in [0.1, 0.15) is 32.8 Å². The highest BCUT2D eigenvalue weighted by molar-refractivity contribution is 7.12. The Balaban J connectivity index is 1.49. The van der Waals surface area contributed by atoms with Crippen molar-refractivity contribution in [3.63, 3.8) is 0 Å². The molecule has 0 bridgehead atoms. The van der Waals surface area contributed by atoms with Gasteiger partial charge in [0, 0.05) is 17.8 Å². The molecule has 1 aliphatic rings. The van der Waals surface area contributed by atoms with Gasteiger partial charge in [-0.25, -0.2) is 0 Å². The van der Waals surface area contributed by atoms with E-state index in [1.54, 1.807) is 0 Å². The molecule has 4 rings (SSSR count). The fraction of sp³-hybridized carbons (Fsp3) is 0.227. The molecule has 26 heavy (non-hydrogen) atoms. The van der Waals surface area contributed by atoms with Crippen molar-refractivity contribution in [1.82, 2.24) is 0 Å². The van der Waals surface area contributed by atoms with Crippen LogP contribution in [0.4, 0.5) is 5.69 Å². The largest absolute Gasteiger partial charge is 0.489 e. The van der Waals surface area contributed by atoms with Gasteiger partial charge in [-0.3, -0.25) is 4.79 Å². The Morgan fingerprint density at radius 3 is 2.85 bits per heavy atom. The van der Waals surface area contributed by atoms with Crippen molar-refractivity contribution in [1.29, 1.82) is 0 Å². The average molecular weight is 363 g/mol. The Morgan fingerprint density at radius 2 is 2.00 bits per heavy atom. The van der Waals surface area contributed by atoms with Gasteiger partial charge in [-0.1, -0.05) is 35.9 Å². The predicted octanol–water partition coefficient (Wildman–Crippen LogP) is 5.23. The second kappa shape index (κ2) is 7.34. The molecule has 0 N–H and O–H groups in total. The Morgan fingerprint density at radius 1 is 1.15 bits per heavy atom. The first-order chi connectivity index (χ1) is 12.7. The highest BCUT2D eigenvalue weighted by Crippen LogP contribution is 2.30. The Kier molecular flexibility index (Phi) is 4.76. The molecular formula is C22H21NO2S. The van der Waals surface area contributed by atoms with Crippen molar-refractivity contribution in [3.8, 4) is 5.75 Å². The third-order valence-electron chi connectivity index (χ3n) is 4.61. The zero-order valence-electron chi connectivity index (χ0n) is 14.8. The number of thiophene rings is 1. The van der Waals surface area contributed by atoms with Crippen LogP contribution in [0.3, 0.4) is 0 Å². The number of nitrogens with zero attached hydrogens (tertiary/aromatic N) is 1. The summed E-state index contributed by atoms with van der Waals surface area (Å²) in [5.74, 6) is 0.928. The van der Waals surface area contributed by atoms with Crippen LogP contribution in [0.5, 0.6) is 5.75 Å². The van der Waals surface area contributed by atoms with Gasteiger partial charge in [0.15, 0.2) is 0 Å². The lowest BCUT2D eigenvalue weighted by molar-refractivity contribution is 0.0989. The molecule has 132 valence electrons. The number of aryl methyl sites for hydroxylation is 2. The number of ether oxygens (including phenoxy) is 1. The quantitative estimate of drug-likeness (QED) is 0.635. The second-order valence-corrected chi connectivity index (χ2v) is 7.52. The van der Waals surface area contributed by atoms with Gasteiger partial charge in [0.25, 0.3) is 5.91 Å². The third-order valence-corrected chi connectivity index (χ3v) is 5.58. The number of rotatable bonds is 4. The second-order valence-electron chi connectivity index (χ2n) is 6.61. The summed E-state index contributed by atoms with van der Waals surface area (Å²) >= 11 is 1.49. The maximum absolute atomic E-state index is 13.0. The molecule has 0 unspecified atom stereocenters. The lowest BCUT2D eigenvalue weighted by atomic mass is 9.99. The van der Waals surface area contributed by atoms with Gasteiger partial charge in [0.2, 0.25) is 0 Å². The fourth-order valence-corrected chi connectivity index (χ4v) is 4.16. The van der Waals surface area contributed by atoms with E-state index in [-0.39, 0.29) is 5.91 Å². The summed E-state index contributed by atoms with van der Waals surface area (Å²) in [6.45, 7) is 3.35. The minimum absolute atomic E-state index is 0.0887. The molecule has 0 aliphatic carbocycles. The van der Waals surface area contributed by atoms with Crippen molar-refractivity contribution in [2.24, 2.45) is 0 Å². The van der Waals surface area contributed by atoms with Crippen molar-refractivity contribution in [2.45, 2.75) is 26.4 Å². The number of para-hydroxylation sites is 1. The van der Waals surface area contributed by atoms with E-state index < -0.39 is 0 Å². The summed E-state index contributed by atoms with van der Waals surface area (Å²) in [7, 11) is 0. The van der Waals surface area contributed by atoms with Crippen LogP contribution >= 0.6 is 11.3 Å². The summed E-state index contributed by atoms with van der Waals surface area (Å²) < 4.78 is 5.78. The molecular weight excluding hydrogens is 342 g/mol. The van der Waals surface area contributed by atoms with E-state index in [0.29, 0.717) is 6.61 Å². The third kappa shape index (κ3) is 3.51. The van der Waals surface area contributed by atoms with Gasteiger partial charge < -0.3 is 9.64 Å². The molecule has 0 saturated heterocycles. The van der Waals surface area contributed by atoms with E-state index in [4.69, 9.17) is 4.74 Å². The maximum atomic E-state index is 13.0.